The van der Waals surface area contributed by atoms with Gasteiger partial charge in [0.15, 0.2) is 16.7 Å². The third-order valence-corrected chi connectivity index (χ3v) is 6.44. The fourth-order valence-electron chi connectivity index (χ4n) is 3.19. The van der Waals surface area contributed by atoms with E-state index in [0.29, 0.717) is 44.6 Å². The van der Waals surface area contributed by atoms with E-state index < -0.39 is 0 Å². The van der Waals surface area contributed by atoms with E-state index in [9.17, 15) is 4.79 Å². The first-order valence-corrected chi connectivity index (χ1v) is 11.6. The fourth-order valence-corrected chi connectivity index (χ4v) is 4.58. The number of hydrogen-bond donors (Lipinski definition) is 0. The zero-order valence-corrected chi connectivity index (χ0v) is 20.5. The van der Waals surface area contributed by atoms with Crippen molar-refractivity contribution in [3.8, 4) is 11.5 Å². The highest BCUT2D eigenvalue weighted by molar-refractivity contribution is 8.18. The Hall–Kier alpha value is -2.41. The molecule has 5 nitrogen and oxygen atoms in total. The molecule has 168 valence electrons. The van der Waals surface area contributed by atoms with Crippen LogP contribution >= 0.6 is 35.0 Å². The maximum Gasteiger partial charge on any atom is 0.266 e. The first-order chi connectivity index (χ1) is 15.4. The predicted molar refractivity (Wildman–Crippen MR) is 134 cm³/mol. The van der Waals surface area contributed by atoms with E-state index in [1.165, 1.54) is 16.7 Å². The van der Waals surface area contributed by atoms with Crippen LogP contribution in [0.15, 0.2) is 52.9 Å². The summed E-state index contributed by atoms with van der Waals surface area (Å²) in [7, 11) is 3.38. The van der Waals surface area contributed by atoms with Crippen LogP contribution in [-0.2, 0) is 17.8 Å². The predicted octanol–water partition coefficient (Wildman–Crippen LogP) is 6.23. The SMILES string of the molecule is C=CCc1cc(/C=C2/SC(=NC)N(C)C2=O)cc(OCC)c1OCc1ccc(Cl)cc1Cl. The summed E-state index contributed by atoms with van der Waals surface area (Å²) >= 11 is 13.6. The van der Waals surface area contributed by atoms with Gasteiger partial charge >= 0.3 is 0 Å². The van der Waals surface area contributed by atoms with Crippen LogP contribution in [0.1, 0.15) is 23.6 Å². The highest BCUT2D eigenvalue weighted by Gasteiger charge is 2.29. The number of amidine groups is 1. The van der Waals surface area contributed by atoms with Gasteiger partial charge in [0.25, 0.3) is 5.91 Å². The highest BCUT2D eigenvalue weighted by Crippen LogP contribution is 2.38. The summed E-state index contributed by atoms with van der Waals surface area (Å²) in [5, 5.41) is 1.77. The van der Waals surface area contributed by atoms with Crippen LogP contribution < -0.4 is 9.47 Å². The largest absolute Gasteiger partial charge is 0.490 e. The Morgan fingerprint density at radius 1 is 1.19 bits per heavy atom. The van der Waals surface area contributed by atoms with Gasteiger partial charge in [0, 0.05) is 35.3 Å². The van der Waals surface area contributed by atoms with Crippen molar-refractivity contribution >= 4 is 52.1 Å². The topological polar surface area (TPSA) is 51.1 Å². The fraction of sp³-hybridized carbons (Fsp3) is 0.250. The number of thioether (sulfide) groups is 1. The Balaban J connectivity index is 1.97. The molecule has 1 heterocycles. The molecular formula is C24H24Cl2N2O3S. The summed E-state index contributed by atoms with van der Waals surface area (Å²) in [5.74, 6) is 1.13. The first kappa shape index (κ1) is 24.2. The lowest BCUT2D eigenvalue weighted by Gasteiger charge is -2.17. The molecule has 3 rings (SSSR count). The van der Waals surface area contributed by atoms with Crippen molar-refractivity contribution < 1.29 is 14.3 Å². The number of ether oxygens (including phenoxy) is 2. The third kappa shape index (κ3) is 5.49. The molecule has 0 unspecified atom stereocenters. The molecule has 2 aromatic carbocycles. The van der Waals surface area contributed by atoms with Crippen molar-refractivity contribution in [1.82, 2.24) is 4.90 Å². The highest BCUT2D eigenvalue weighted by atomic mass is 35.5. The van der Waals surface area contributed by atoms with E-state index >= 15 is 0 Å². The average Bonchev–Trinajstić information content (AvgIpc) is 3.02. The van der Waals surface area contributed by atoms with Crippen molar-refractivity contribution in [3.63, 3.8) is 0 Å². The molecule has 8 heteroatoms. The number of likely N-dealkylation sites (N-methyl/N-ethyl adjacent to an activating group) is 1. The smallest absolute Gasteiger partial charge is 0.266 e. The molecule has 0 spiro atoms. The first-order valence-electron chi connectivity index (χ1n) is 9.99. The second-order valence-electron chi connectivity index (χ2n) is 6.94. The lowest BCUT2D eigenvalue weighted by atomic mass is 10.0. The Morgan fingerprint density at radius 3 is 2.59 bits per heavy atom. The molecule has 1 aliphatic rings. The number of nitrogens with zero attached hydrogens (tertiary/aromatic N) is 2. The van der Waals surface area contributed by atoms with Gasteiger partial charge in [0.1, 0.15) is 6.61 Å². The Labute approximate surface area is 202 Å². The van der Waals surface area contributed by atoms with Crippen LogP contribution in [0.3, 0.4) is 0 Å². The molecule has 0 bridgehead atoms. The van der Waals surface area contributed by atoms with Gasteiger partial charge in [-0.1, -0.05) is 35.3 Å². The van der Waals surface area contributed by atoms with E-state index in [1.807, 2.05) is 31.2 Å². The molecular weight excluding hydrogens is 467 g/mol. The van der Waals surface area contributed by atoms with E-state index in [4.69, 9.17) is 32.7 Å². The third-order valence-electron chi connectivity index (χ3n) is 4.70. The van der Waals surface area contributed by atoms with Crippen molar-refractivity contribution in [2.75, 3.05) is 20.7 Å². The van der Waals surface area contributed by atoms with Gasteiger partial charge in [0.2, 0.25) is 0 Å². The van der Waals surface area contributed by atoms with Crippen LogP contribution in [0.4, 0.5) is 0 Å². The number of halogens is 2. The van der Waals surface area contributed by atoms with Gasteiger partial charge < -0.3 is 9.47 Å². The number of rotatable bonds is 8. The van der Waals surface area contributed by atoms with Crippen LogP contribution in [0.25, 0.3) is 6.08 Å². The Kier molecular flexibility index (Phi) is 8.29. The molecule has 1 aliphatic heterocycles. The summed E-state index contributed by atoms with van der Waals surface area (Å²) in [4.78, 5) is 18.8. The lowest BCUT2D eigenvalue weighted by molar-refractivity contribution is -0.121. The van der Waals surface area contributed by atoms with Gasteiger partial charge in [-0.15, -0.1) is 6.58 Å². The van der Waals surface area contributed by atoms with Gasteiger partial charge in [-0.05, 0) is 61.0 Å². The van der Waals surface area contributed by atoms with Gasteiger partial charge in [-0.3, -0.25) is 14.7 Å². The van der Waals surface area contributed by atoms with Crippen LogP contribution in [0, 0.1) is 0 Å². The standard InChI is InChI=1S/C24H24Cl2N2O3S/c1-5-7-16-10-15(12-21-23(29)28(4)24(27-3)32-21)11-20(30-6-2)22(16)31-14-17-8-9-18(25)13-19(17)26/h5,8-13H,1,6-7,14H2,2-4H3/b21-12+,27-24?. The second kappa shape index (κ2) is 10.9. The zero-order chi connectivity index (χ0) is 23.3. The normalized spacial score (nSPS) is 16.2. The number of benzene rings is 2. The molecule has 0 aliphatic carbocycles. The minimum atomic E-state index is -0.0865. The number of amides is 1. The molecule has 0 N–H and O–H groups in total. The number of carbonyl (C=O) groups is 1. The van der Waals surface area contributed by atoms with E-state index in [2.05, 4.69) is 11.6 Å². The summed E-state index contributed by atoms with van der Waals surface area (Å²) in [5.41, 5.74) is 2.55. The number of allylic oxidation sites excluding steroid dienone is 1. The number of aliphatic imine (C=N–C) groups is 1. The maximum absolute atomic E-state index is 12.5. The molecule has 32 heavy (non-hydrogen) atoms. The van der Waals surface area contributed by atoms with Gasteiger partial charge in [-0.25, -0.2) is 0 Å². The minimum absolute atomic E-state index is 0.0865. The molecule has 0 atom stereocenters. The quantitative estimate of drug-likeness (QED) is 0.325. The number of carbonyl (C=O) groups excluding carboxylic acids is 1. The summed E-state index contributed by atoms with van der Waals surface area (Å²) in [6.07, 6.45) is 4.22. The van der Waals surface area contributed by atoms with E-state index in [-0.39, 0.29) is 12.5 Å². The summed E-state index contributed by atoms with van der Waals surface area (Å²) in [6.45, 7) is 6.50. The minimum Gasteiger partial charge on any atom is -0.490 e. The molecule has 1 fully saturated rings. The average molecular weight is 491 g/mol. The number of hydrogen-bond acceptors (Lipinski definition) is 5. The molecule has 0 saturated carbocycles. The molecule has 1 amide bonds. The molecule has 0 radical (unpaired) electrons. The zero-order valence-electron chi connectivity index (χ0n) is 18.2. The van der Waals surface area contributed by atoms with E-state index in [1.54, 1.807) is 32.3 Å². The summed E-state index contributed by atoms with van der Waals surface area (Å²) in [6, 6.07) is 9.15. The van der Waals surface area contributed by atoms with Gasteiger partial charge in [0.05, 0.1) is 11.5 Å². The van der Waals surface area contributed by atoms with Crippen molar-refractivity contribution in [2.24, 2.45) is 4.99 Å². The molecule has 2 aromatic rings. The maximum atomic E-state index is 12.5. The van der Waals surface area contributed by atoms with E-state index in [0.717, 1.165) is 16.7 Å². The van der Waals surface area contributed by atoms with Crippen LogP contribution in [0.5, 0.6) is 11.5 Å². The van der Waals surface area contributed by atoms with Gasteiger partial charge in [-0.2, -0.15) is 0 Å². The lowest BCUT2D eigenvalue weighted by Crippen LogP contribution is -2.23. The molecule has 1 saturated heterocycles. The van der Waals surface area contributed by atoms with Crippen LogP contribution in [-0.4, -0.2) is 36.7 Å². The van der Waals surface area contributed by atoms with Crippen molar-refractivity contribution in [2.45, 2.75) is 20.0 Å². The van der Waals surface area contributed by atoms with Crippen LogP contribution in [0.2, 0.25) is 10.0 Å². The molecule has 0 aromatic heterocycles. The summed E-state index contributed by atoms with van der Waals surface area (Å²) < 4.78 is 12.0. The Bertz CT molecular complexity index is 1100. The Morgan fingerprint density at radius 2 is 1.97 bits per heavy atom. The second-order valence-corrected chi connectivity index (χ2v) is 8.79. The monoisotopic (exact) mass is 490 g/mol. The van der Waals surface area contributed by atoms with Crippen molar-refractivity contribution in [3.05, 3.63) is 74.6 Å². The van der Waals surface area contributed by atoms with Crippen molar-refractivity contribution in [1.29, 1.82) is 0 Å².